The molecule has 184 valence electrons. The maximum absolute atomic E-state index is 12.7. The van der Waals surface area contributed by atoms with Gasteiger partial charge in [0.15, 0.2) is 35.2 Å². The number of carbonyl (C=O) groups excluding carboxylic acids is 1. The van der Waals surface area contributed by atoms with Crippen LogP contribution in [0.5, 0.6) is 34.5 Å². The van der Waals surface area contributed by atoms with E-state index in [1.807, 2.05) is 0 Å². The van der Waals surface area contributed by atoms with Gasteiger partial charge in [0.25, 0.3) is 0 Å². The second-order valence-corrected chi connectivity index (χ2v) is 7.86. The molecule has 0 radical (unpaired) electrons. The minimum atomic E-state index is -1.85. The highest BCUT2D eigenvalue weighted by Gasteiger charge is 2.46. The van der Waals surface area contributed by atoms with Gasteiger partial charge in [-0.05, 0) is 17.7 Å². The van der Waals surface area contributed by atoms with E-state index < -0.39 is 89.6 Å². The lowest BCUT2D eigenvalue weighted by molar-refractivity contribution is -0.277. The van der Waals surface area contributed by atoms with Crippen LogP contribution in [-0.4, -0.2) is 95.2 Å². The Balaban J connectivity index is 1.69. The number of fused-ring (bicyclic) bond motifs is 1. The van der Waals surface area contributed by atoms with Gasteiger partial charge < -0.3 is 60.2 Å². The van der Waals surface area contributed by atoms with Crippen LogP contribution in [0.2, 0.25) is 0 Å². The summed E-state index contributed by atoms with van der Waals surface area (Å²) in [4.78, 5) is 12.7. The van der Waals surface area contributed by atoms with E-state index in [0.717, 1.165) is 18.2 Å². The molecule has 2 heterocycles. The van der Waals surface area contributed by atoms with Crippen molar-refractivity contribution >= 4 is 5.78 Å². The highest BCUT2D eigenvalue weighted by molar-refractivity contribution is 6.06. The van der Waals surface area contributed by atoms with Crippen molar-refractivity contribution in [2.24, 2.45) is 0 Å². The number of aliphatic hydroxyl groups excluding tert-OH is 5. The number of aromatic hydroxyl groups is 4. The molecule has 0 amide bonds. The quantitative estimate of drug-likeness (QED) is 0.223. The molecule has 2 aromatic carbocycles. The maximum Gasteiger partial charge on any atom is 0.229 e. The molecule has 1 saturated heterocycles. The van der Waals surface area contributed by atoms with E-state index in [-0.39, 0.29) is 11.3 Å². The Labute approximate surface area is 190 Å². The van der Waals surface area contributed by atoms with Gasteiger partial charge in [-0.3, -0.25) is 4.79 Å². The largest absolute Gasteiger partial charge is 0.504 e. The summed E-state index contributed by atoms with van der Waals surface area (Å²) in [5, 5.41) is 89.6. The molecule has 2 aliphatic rings. The molecule has 2 aliphatic heterocycles. The molecule has 2 unspecified atom stereocenters. The second-order valence-electron chi connectivity index (χ2n) is 7.86. The molecule has 0 aliphatic carbocycles. The number of phenolic OH excluding ortho intramolecular Hbond substituents is 4. The average molecular weight is 482 g/mol. The van der Waals surface area contributed by atoms with Crippen molar-refractivity contribution in [3.63, 3.8) is 0 Å². The van der Waals surface area contributed by atoms with Crippen molar-refractivity contribution in [1.82, 2.24) is 0 Å². The van der Waals surface area contributed by atoms with Crippen molar-refractivity contribution in [1.29, 1.82) is 0 Å². The Morgan fingerprint density at radius 1 is 0.882 bits per heavy atom. The van der Waals surface area contributed by atoms with E-state index in [0.29, 0.717) is 0 Å². The molecule has 1 fully saturated rings. The Kier molecular flexibility index (Phi) is 6.16. The molecule has 0 aromatic heterocycles. The van der Waals surface area contributed by atoms with Gasteiger partial charge in [0.1, 0.15) is 35.7 Å². The van der Waals surface area contributed by atoms with Crippen LogP contribution < -0.4 is 9.47 Å². The number of aliphatic hydroxyl groups is 5. The number of hydrogen-bond donors (Lipinski definition) is 9. The fraction of sp³-hybridized carbons (Fsp3) is 0.381. The van der Waals surface area contributed by atoms with Crippen molar-refractivity contribution < 1.29 is 65.0 Å². The number of phenols is 4. The van der Waals surface area contributed by atoms with Gasteiger partial charge in [-0.15, -0.1) is 0 Å². The molecule has 13 heteroatoms. The van der Waals surface area contributed by atoms with E-state index in [1.54, 1.807) is 0 Å². The fourth-order valence-electron chi connectivity index (χ4n) is 3.78. The average Bonchev–Trinajstić information content (AvgIpc) is 2.81. The molecule has 2 aromatic rings. The number of Topliss-reactive ketones (excluding diaryl/α,β-unsaturated/α-hetero) is 1. The summed E-state index contributed by atoms with van der Waals surface area (Å²) >= 11 is 0. The number of rotatable bonds is 4. The second kappa shape index (κ2) is 8.79. The standard InChI is InChI=1S/C21H22O13/c22-5-11-14(26)17(29)19(31)21(34-11)33-10-4-9-12(15(27)13(10)25)16(28)18(30)20(32-9)6-1-2-7(23)8(24)3-6/h1-4,11,14,17-27,29-31H,5H2/t11-,14+,17+,18?,19-,20?,21-/m1/s1. The van der Waals surface area contributed by atoms with Crippen LogP contribution in [0.4, 0.5) is 0 Å². The lowest BCUT2D eigenvalue weighted by Crippen LogP contribution is -2.60. The molecular weight excluding hydrogens is 460 g/mol. The first kappa shape index (κ1) is 23.8. The molecule has 4 rings (SSSR count). The summed E-state index contributed by atoms with van der Waals surface area (Å²) < 4.78 is 16.2. The van der Waals surface area contributed by atoms with Crippen LogP contribution in [-0.2, 0) is 4.74 Å². The molecule has 13 nitrogen and oxygen atoms in total. The molecule has 9 N–H and O–H groups in total. The molecule has 34 heavy (non-hydrogen) atoms. The molecule has 0 spiro atoms. The number of ether oxygens (including phenoxy) is 3. The predicted molar refractivity (Wildman–Crippen MR) is 108 cm³/mol. The van der Waals surface area contributed by atoms with Gasteiger partial charge in [0.2, 0.25) is 17.8 Å². The third-order valence-corrected chi connectivity index (χ3v) is 5.68. The van der Waals surface area contributed by atoms with E-state index in [1.165, 1.54) is 6.07 Å². The van der Waals surface area contributed by atoms with Crippen LogP contribution in [0.15, 0.2) is 24.3 Å². The highest BCUT2D eigenvalue weighted by atomic mass is 16.7. The summed E-state index contributed by atoms with van der Waals surface area (Å²) in [6.45, 7) is -0.733. The molecular formula is C21H22O13. The van der Waals surface area contributed by atoms with Crippen molar-refractivity contribution in [2.75, 3.05) is 6.61 Å². The van der Waals surface area contributed by atoms with E-state index in [4.69, 9.17) is 14.2 Å². The zero-order chi connectivity index (χ0) is 24.9. The summed E-state index contributed by atoms with van der Waals surface area (Å²) in [5.41, 5.74) is -0.462. The summed E-state index contributed by atoms with van der Waals surface area (Å²) in [5.74, 6) is -4.88. The van der Waals surface area contributed by atoms with E-state index in [9.17, 15) is 50.8 Å². The third kappa shape index (κ3) is 3.83. The topological polar surface area (TPSA) is 227 Å². The molecule has 0 bridgehead atoms. The SMILES string of the molecule is O=C1c2c(cc(O[C@@H]3O[C@H](CO)[C@H](O)[C@H](O)[C@H]3O)c(O)c2O)OC(c2ccc(O)c(O)c2)C1O. The monoisotopic (exact) mass is 482 g/mol. The minimum Gasteiger partial charge on any atom is -0.504 e. The lowest BCUT2D eigenvalue weighted by Gasteiger charge is -2.39. The number of ketones is 1. The summed E-state index contributed by atoms with van der Waals surface area (Å²) in [6, 6.07) is 4.42. The van der Waals surface area contributed by atoms with Gasteiger partial charge in [-0.2, -0.15) is 0 Å². The van der Waals surface area contributed by atoms with Gasteiger partial charge >= 0.3 is 0 Å². The van der Waals surface area contributed by atoms with Crippen molar-refractivity contribution in [2.45, 2.75) is 42.9 Å². The van der Waals surface area contributed by atoms with Gasteiger partial charge in [-0.25, -0.2) is 0 Å². The number of carbonyl (C=O) groups is 1. The third-order valence-electron chi connectivity index (χ3n) is 5.68. The zero-order valence-electron chi connectivity index (χ0n) is 17.2. The first-order valence-corrected chi connectivity index (χ1v) is 10.0. The van der Waals surface area contributed by atoms with Gasteiger partial charge in [0, 0.05) is 6.07 Å². The predicted octanol–water partition coefficient (Wildman–Crippen LogP) is -1.64. The van der Waals surface area contributed by atoms with Crippen LogP contribution >= 0.6 is 0 Å². The Bertz CT molecular complexity index is 1100. The van der Waals surface area contributed by atoms with Crippen LogP contribution in [0.25, 0.3) is 0 Å². The van der Waals surface area contributed by atoms with Crippen LogP contribution in [0, 0.1) is 0 Å². The maximum atomic E-state index is 12.7. The first-order valence-electron chi connectivity index (χ1n) is 10.0. The molecule has 7 atom stereocenters. The first-order chi connectivity index (χ1) is 16.0. The van der Waals surface area contributed by atoms with Gasteiger partial charge in [0.05, 0.1) is 6.61 Å². The number of hydrogen-bond acceptors (Lipinski definition) is 13. The van der Waals surface area contributed by atoms with Crippen LogP contribution in [0.3, 0.4) is 0 Å². The Morgan fingerprint density at radius 2 is 1.59 bits per heavy atom. The van der Waals surface area contributed by atoms with E-state index >= 15 is 0 Å². The van der Waals surface area contributed by atoms with Crippen molar-refractivity contribution in [3.8, 4) is 34.5 Å². The number of benzene rings is 2. The van der Waals surface area contributed by atoms with Crippen LogP contribution in [0.1, 0.15) is 22.0 Å². The highest BCUT2D eigenvalue weighted by Crippen LogP contribution is 2.49. The summed E-state index contributed by atoms with van der Waals surface area (Å²) in [6.07, 6.45) is -11.5. The Hall–Kier alpha value is -3.33. The molecule has 0 saturated carbocycles. The Morgan fingerprint density at radius 3 is 2.24 bits per heavy atom. The minimum absolute atomic E-state index is 0.103. The normalized spacial score (nSPS) is 31.0. The smallest absolute Gasteiger partial charge is 0.229 e. The van der Waals surface area contributed by atoms with E-state index in [2.05, 4.69) is 0 Å². The lowest BCUT2D eigenvalue weighted by atomic mass is 9.92. The summed E-state index contributed by atoms with van der Waals surface area (Å²) in [7, 11) is 0. The van der Waals surface area contributed by atoms with Gasteiger partial charge in [-0.1, -0.05) is 6.07 Å². The van der Waals surface area contributed by atoms with Crippen molar-refractivity contribution in [3.05, 3.63) is 35.4 Å². The fourth-order valence-corrected chi connectivity index (χ4v) is 3.78. The zero-order valence-corrected chi connectivity index (χ0v) is 17.2.